The topological polar surface area (TPSA) is 26.3 Å². The fourth-order valence-corrected chi connectivity index (χ4v) is 1.28. The van der Waals surface area contributed by atoms with Gasteiger partial charge in [-0.2, -0.15) is 0 Å². The van der Waals surface area contributed by atoms with Crippen molar-refractivity contribution in [2.75, 3.05) is 6.61 Å². The van der Waals surface area contributed by atoms with E-state index in [1.807, 2.05) is 34.6 Å². The highest BCUT2D eigenvalue weighted by molar-refractivity contribution is 5.76. The molecule has 0 bridgehead atoms. The van der Waals surface area contributed by atoms with Gasteiger partial charge in [-0.3, -0.25) is 4.79 Å². The molecule has 0 aromatic carbocycles. The quantitative estimate of drug-likeness (QED) is 0.634. The fraction of sp³-hybridized carbons (Fsp3) is 0.917. The second-order valence-electron chi connectivity index (χ2n) is 3.38. The maximum Gasteiger partial charge on any atom is 0.311 e. The zero-order valence-corrected chi connectivity index (χ0v) is 10.6. The van der Waals surface area contributed by atoms with Crippen molar-refractivity contribution in [3.8, 4) is 0 Å². The second-order valence-corrected chi connectivity index (χ2v) is 3.38. The first-order chi connectivity index (χ1) is 6.60. The molecule has 0 rings (SSSR count). The monoisotopic (exact) mass is 202 g/mol. The standard InChI is InChI=1S/C10H20O2.C2H6/c1-5-8-10(4,6-2)9(11)12-7-3;1-2/h5-8H2,1-4H3;1-2H3. The molecule has 0 aliphatic carbocycles. The molecule has 0 aromatic heterocycles. The van der Waals surface area contributed by atoms with Crippen LogP contribution in [-0.4, -0.2) is 12.6 Å². The van der Waals surface area contributed by atoms with Crippen LogP contribution in [0, 0.1) is 5.41 Å². The van der Waals surface area contributed by atoms with Crippen molar-refractivity contribution in [2.45, 2.75) is 60.8 Å². The lowest BCUT2D eigenvalue weighted by Gasteiger charge is -2.24. The minimum Gasteiger partial charge on any atom is -0.466 e. The predicted molar refractivity (Wildman–Crippen MR) is 61.3 cm³/mol. The van der Waals surface area contributed by atoms with Gasteiger partial charge in [0.25, 0.3) is 0 Å². The molecule has 0 spiro atoms. The Kier molecular flexibility index (Phi) is 10.3. The number of carbonyl (C=O) groups excluding carboxylic acids is 1. The van der Waals surface area contributed by atoms with E-state index in [1.54, 1.807) is 0 Å². The molecule has 0 saturated carbocycles. The van der Waals surface area contributed by atoms with E-state index in [-0.39, 0.29) is 11.4 Å². The predicted octanol–water partition coefficient (Wildman–Crippen LogP) is 3.79. The van der Waals surface area contributed by atoms with Crippen LogP contribution < -0.4 is 0 Å². The van der Waals surface area contributed by atoms with Gasteiger partial charge >= 0.3 is 5.97 Å². The van der Waals surface area contributed by atoms with E-state index in [4.69, 9.17) is 4.74 Å². The summed E-state index contributed by atoms with van der Waals surface area (Å²) in [5.74, 6) is -0.0469. The van der Waals surface area contributed by atoms with Crippen LogP contribution in [-0.2, 0) is 9.53 Å². The van der Waals surface area contributed by atoms with Gasteiger partial charge in [-0.15, -0.1) is 0 Å². The molecule has 0 fully saturated rings. The van der Waals surface area contributed by atoms with Gasteiger partial charge in [0, 0.05) is 0 Å². The van der Waals surface area contributed by atoms with E-state index in [0.29, 0.717) is 6.61 Å². The zero-order chi connectivity index (χ0) is 11.6. The first-order valence-electron chi connectivity index (χ1n) is 5.78. The van der Waals surface area contributed by atoms with Crippen LogP contribution >= 0.6 is 0 Å². The Morgan fingerprint density at radius 2 is 1.71 bits per heavy atom. The van der Waals surface area contributed by atoms with Crippen LogP contribution in [0.4, 0.5) is 0 Å². The van der Waals surface area contributed by atoms with E-state index in [0.717, 1.165) is 19.3 Å². The molecule has 1 atom stereocenters. The Morgan fingerprint density at radius 3 is 2.00 bits per heavy atom. The summed E-state index contributed by atoms with van der Waals surface area (Å²) in [4.78, 5) is 11.5. The minimum atomic E-state index is -0.259. The molecule has 0 radical (unpaired) electrons. The van der Waals surface area contributed by atoms with E-state index < -0.39 is 0 Å². The van der Waals surface area contributed by atoms with Crippen LogP contribution in [0.25, 0.3) is 0 Å². The van der Waals surface area contributed by atoms with Gasteiger partial charge in [-0.1, -0.05) is 34.1 Å². The third kappa shape index (κ3) is 5.25. The minimum absolute atomic E-state index is 0.0469. The SMILES string of the molecule is CC.CCCC(C)(CC)C(=O)OCC. The van der Waals surface area contributed by atoms with Crippen molar-refractivity contribution in [1.29, 1.82) is 0 Å². The molecule has 14 heavy (non-hydrogen) atoms. The maximum atomic E-state index is 11.5. The summed E-state index contributed by atoms with van der Waals surface area (Å²) in [6, 6.07) is 0. The fourth-order valence-electron chi connectivity index (χ4n) is 1.28. The second kappa shape index (κ2) is 9.04. The van der Waals surface area contributed by atoms with Crippen molar-refractivity contribution in [3.05, 3.63) is 0 Å². The molecular weight excluding hydrogens is 176 g/mol. The maximum absolute atomic E-state index is 11.5. The third-order valence-corrected chi connectivity index (χ3v) is 2.35. The third-order valence-electron chi connectivity index (χ3n) is 2.35. The van der Waals surface area contributed by atoms with Gasteiger partial charge in [0.05, 0.1) is 12.0 Å². The van der Waals surface area contributed by atoms with E-state index in [9.17, 15) is 4.79 Å². The normalized spacial score (nSPS) is 13.6. The number of hydrogen-bond donors (Lipinski definition) is 0. The highest BCUT2D eigenvalue weighted by Crippen LogP contribution is 2.28. The smallest absolute Gasteiger partial charge is 0.311 e. The molecule has 0 saturated heterocycles. The lowest BCUT2D eigenvalue weighted by atomic mass is 9.83. The number of carbonyl (C=O) groups is 1. The average molecular weight is 202 g/mol. The van der Waals surface area contributed by atoms with Crippen LogP contribution in [0.1, 0.15) is 60.8 Å². The summed E-state index contributed by atoms with van der Waals surface area (Å²) in [5.41, 5.74) is -0.259. The van der Waals surface area contributed by atoms with Gasteiger partial charge in [-0.05, 0) is 26.7 Å². The Labute approximate surface area is 89.0 Å². The Morgan fingerprint density at radius 1 is 1.21 bits per heavy atom. The largest absolute Gasteiger partial charge is 0.466 e. The number of hydrogen-bond acceptors (Lipinski definition) is 2. The highest BCUT2D eigenvalue weighted by atomic mass is 16.5. The first kappa shape index (κ1) is 15.9. The van der Waals surface area contributed by atoms with Gasteiger partial charge in [0.2, 0.25) is 0 Å². The molecule has 86 valence electrons. The summed E-state index contributed by atoms with van der Waals surface area (Å²) in [6.07, 6.45) is 2.81. The van der Waals surface area contributed by atoms with Crippen molar-refractivity contribution < 1.29 is 9.53 Å². The van der Waals surface area contributed by atoms with Gasteiger partial charge in [0.15, 0.2) is 0 Å². The van der Waals surface area contributed by atoms with Crippen LogP contribution in [0.3, 0.4) is 0 Å². The molecule has 0 heterocycles. The number of ether oxygens (including phenoxy) is 1. The molecule has 0 N–H and O–H groups in total. The van der Waals surface area contributed by atoms with Crippen LogP contribution in [0.15, 0.2) is 0 Å². The van der Waals surface area contributed by atoms with Crippen LogP contribution in [0.2, 0.25) is 0 Å². The van der Waals surface area contributed by atoms with E-state index >= 15 is 0 Å². The number of rotatable bonds is 5. The Bertz CT molecular complexity index is 143. The molecule has 2 nitrogen and oxygen atoms in total. The summed E-state index contributed by atoms with van der Waals surface area (Å²) in [5, 5.41) is 0. The van der Waals surface area contributed by atoms with Gasteiger partial charge < -0.3 is 4.74 Å². The Hall–Kier alpha value is -0.530. The van der Waals surface area contributed by atoms with Crippen molar-refractivity contribution in [1.82, 2.24) is 0 Å². The summed E-state index contributed by atoms with van der Waals surface area (Å²) in [7, 11) is 0. The van der Waals surface area contributed by atoms with Crippen molar-refractivity contribution in [3.63, 3.8) is 0 Å². The summed E-state index contributed by atoms with van der Waals surface area (Å²) < 4.78 is 5.01. The van der Waals surface area contributed by atoms with E-state index in [2.05, 4.69) is 6.92 Å². The molecule has 0 aliphatic rings. The molecule has 0 aliphatic heterocycles. The highest BCUT2D eigenvalue weighted by Gasteiger charge is 2.31. The van der Waals surface area contributed by atoms with Crippen molar-refractivity contribution in [2.24, 2.45) is 5.41 Å². The van der Waals surface area contributed by atoms with Crippen molar-refractivity contribution >= 4 is 5.97 Å². The Balaban J connectivity index is 0. The summed E-state index contributed by atoms with van der Waals surface area (Å²) >= 11 is 0. The van der Waals surface area contributed by atoms with Crippen LogP contribution in [0.5, 0.6) is 0 Å². The van der Waals surface area contributed by atoms with E-state index in [1.165, 1.54) is 0 Å². The average Bonchev–Trinajstić information content (AvgIpc) is 2.21. The molecule has 0 amide bonds. The molecule has 1 unspecified atom stereocenters. The van der Waals surface area contributed by atoms with Gasteiger partial charge in [0.1, 0.15) is 0 Å². The lowest BCUT2D eigenvalue weighted by Crippen LogP contribution is -2.29. The summed E-state index contributed by atoms with van der Waals surface area (Å²) in [6.45, 7) is 12.4. The number of esters is 1. The molecule has 2 heteroatoms. The zero-order valence-electron chi connectivity index (χ0n) is 10.6. The lowest BCUT2D eigenvalue weighted by molar-refractivity contribution is -0.155. The van der Waals surface area contributed by atoms with Gasteiger partial charge in [-0.25, -0.2) is 0 Å². The first-order valence-corrected chi connectivity index (χ1v) is 5.78. The molecular formula is C12H26O2. The molecule has 0 aromatic rings.